The molecule has 1 amide bonds. The average Bonchev–Trinajstić information content (AvgIpc) is 3.31. The zero-order chi connectivity index (χ0) is 50.2. The number of ether oxygens (including phenoxy) is 11. The van der Waals surface area contributed by atoms with Crippen molar-refractivity contribution >= 4 is 5.91 Å². The van der Waals surface area contributed by atoms with Crippen LogP contribution in [0.3, 0.4) is 0 Å². The van der Waals surface area contributed by atoms with Gasteiger partial charge in [-0.3, -0.25) is 4.79 Å². The largest absolute Gasteiger partial charge is 0.394 e. The van der Waals surface area contributed by atoms with Gasteiger partial charge in [0, 0.05) is 6.92 Å². The highest BCUT2D eigenvalue weighted by Crippen LogP contribution is 2.38. The second-order valence-corrected chi connectivity index (χ2v) is 17.5. The standard InChI is InChI=1S/C38H65NO29/c1-8-16(45)20(49)25(54)35(58-8)65-29-14(7-43)63-34(67-31-19(48)12(5-41)61-37(27(31)56)64-28-13(6-42)60-33(57)24(53)23(28)52)15(39-10(3)44)30(29)66-38-32(22(51)18(47)11(4-40)62-38)68-36-26(55)21(50)17(46)9(2)59-36/h8-9,11-38,40-43,45-57H,4-7H2,1-3H3,(H,39,44)/t8-,9-,11+,12+,13+,14+,15+,16+,17+,18-,19-,20+,21+,22-,23-,24+,25-,26-,27-,28+,29+,30+,31-,32+,33?,34-,35+,36+,37-,38-/m0/s1. The molecular formula is C38H65NO29. The highest BCUT2D eigenvalue weighted by Gasteiger charge is 2.59. The minimum atomic E-state index is -2.19. The monoisotopic (exact) mass is 999 g/mol. The molecule has 18 N–H and O–H groups in total. The predicted molar refractivity (Wildman–Crippen MR) is 208 cm³/mol. The molecule has 6 heterocycles. The summed E-state index contributed by atoms with van der Waals surface area (Å²) in [6.45, 7) is -0.357. The minimum Gasteiger partial charge on any atom is -0.394 e. The lowest BCUT2D eigenvalue weighted by atomic mass is 9.93. The predicted octanol–water partition coefficient (Wildman–Crippen LogP) is -11.9. The molecule has 30 atom stereocenters. The highest BCUT2D eigenvalue weighted by atomic mass is 16.8. The molecule has 396 valence electrons. The molecule has 0 aromatic heterocycles. The maximum atomic E-state index is 13.1. The van der Waals surface area contributed by atoms with Gasteiger partial charge < -0.3 is 144 Å². The van der Waals surface area contributed by atoms with Crippen molar-refractivity contribution in [3.63, 3.8) is 0 Å². The van der Waals surface area contributed by atoms with E-state index in [-0.39, 0.29) is 0 Å². The summed E-state index contributed by atoms with van der Waals surface area (Å²) in [7, 11) is 0. The molecule has 1 unspecified atom stereocenters. The van der Waals surface area contributed by atoms with Crippen LogP contribution in [0.25, 0.3) is 0 Å². The fourth-order valence-corrected chi connectivity index (χ4v) is 8.78. The molecule has 0 saturated carbocycles. The zero-order valence-electron chi connectivity index (χ0n) is 36.7. The van der Waals surface area contributed by atoms with Crippen LogP contribution in [0.4, 0.5) is 0 Å². The van der Waals surface area contributed by atoms with Gasteiger partial charge in [0.2, 0.25) is 5.91 Å². The van der Waals surface area contributed by atoms with E-state index in [0.29, 0.717) is 0 Å². The normalized spacial score (nSPS) is 52.6. The first kappa shape index (κ1) is 55.7. The minimum absolute atomic E-state index is 0.894. The van der Waals surface area contributed by atoms with Gasteiger partial charge in [0.1, 0.15) is 134 Å². The fraction of sp³-hybridized carbons (Fsp3) is 0.974. The molecule has 0 spiro atoms. The molecule has 0 aromatic carbocycles. The Morgan fingerprint density at radius 2 is 0.794 bits per heavy atom. The summed E-state index contributed by atoms with van der Waals surface area (Å²) < 4.78 is 63.9. The van der Waals surface area contributed by atoms with Gasteiger partial charge in [0.25, 0.3) is 0 Å². The Balaban J connectivity index is 1.39. The van der Waals surface area contributed by atoms with Crippen LogP contribution in [-0.4, -0.2) is 303 Å². The summed E-state index contributed by atoms with van der Waals surface area (Å²) in [6.07, 6.45) is -54.0. The van der Waals surface area contributed by atoms with E-state index in [4.69, 9.17) is 52.1 Å². The Labute approximate surface area is 386 Å². The maximum absolute atomic E-state index is 13.1. The second-order valence-electron chi connectivity index (χ2n) is 17.5. The first-order valence-corrected chi connectivity index (χ1v) is 21.8. The Kier molecular flexibility index (Phi) is 19.2. The van der Waals surface area contributed by atoms with Crippen molar-refractivity contribution in [3.05, 3.63) is 0 Å². The number of hydrogen-bond acceptors (Lipinski definition) is 29. The average molecular weight is 1000 g/mol. The zero-order valence-corrected chi connectivity index (χ0v) is 36.7. The molecule has 68 heavy (non-hydrogen) atoms. The third kappa shape index (κ3) is 11.4. The quantitative estimate of drug-likeness (QED) is 0.0724. The third-order valence-corrected chi connectivity index (χ3v) is 12.8. The van der Waals surface area contributed by atoms with Gasteiger partial charge in [-0.1, -0.05) is 0 Å². The summed E-state index contributed by atoms with van der Waals surface area (Å²) in [5.74, 6) is -0.894. The van der Waals surface area contributed by atoms with Crippen LogP contribution in [0.1, 0.15) is 20.8 Å². The molecule has 30 heteroatoms. The Hall–Kier alpha value is -1.65. The van der Waals surface area contributed by atoms with Gasteiger partial charge in [-0.05, 0) is 13.8 Å². The Morgan fingerprint density at radius 3 is 1.32 bits per heavy atom. The van der Waals surface area contributed by atoms with Crippen molar-refractivity contribution in [2.24, 2.45) is 0 Å². The first-order valence-electron chi connectivity index (χ1n) is 21.8. The SMILES string of the molecule is CC(=O)N[C@H]1[C@H](O[C@@H]2[C@H](O)[C@H](O[C@H]3[C@@H](O)[C@@H](O)C(O)O[C@@H]3CO)O[C@H](CO)[C@@H]2O)O[C@H](CO)[C@@H](O[C@H]2O[C@@H](C)[C@@H](O)[C@@H](O)[C@@H]2O)[C@@H]1O[C@@H]1O[C@H](CO)[C@H](O)[C@H](O)[C@H]1O[C@H]1O[C@@H](C)[C@@H](O)[C@@H](O)[C@@H]1O. The lowest BCUT2D eigenvalue weighted by Gasteiger charge is -2.52. The summed E-state index contributed by atoms with van der Waals surface area (Å²) >= 11 is 0. The number of hydrogen-bond donors (Lipinski definition) is 18. The van der Waals surface area contributed by atoms with E-state index < -0.39 is 217 Å². The number of aliphatic hydroxyl groups excluding tert-OH is 17. The molecule has 6 fully saturated rings. The second kappa shape index (κ2) is 23.5. The maximum Gasteiger partial charge on any atom is 0.217 e. The number of amides is 1. The van der Waals surface area contributed by atoms with E-state index in [2.05, 4.69) is 5.32 Å². The first-order chi connectivity index (χ1) is 32.1. The van der Waals surface area contributed by atoms with Gasteiger partial charge in [-0.2, -0.15) is 0 Å². The van der Waals surface area contributed by atoms with E-state index in [1.54, 1.807) is 0 Å². The van der Waals surface area contributed by atoms with Crippen LogP contribution >= 0.6 is 0 Å². The van der Waals surface area contributed by atoms with Crippen molar-refractivity contribution in [2.45, 2.75) is 205 Å². The summed E-state index contributed by atoms with van der Waals surface area (Å²) in [5.41, 5.74) is 0. The highest BCUT2D eigenvalue weighted by molar-refractivity contribution is 5.73. The van der Waals surface area contributed by atoms with E-state index >= 15 is 0 Å². The van der Waals surface area contributed by atoms with Crippen molar-refractivity contribution in [3.8, 4) is 0 Å². The van der Waals surface area contributed by atoms with E-state index in [1.165, 1.54) is 13.8 Å². The van der Waals surface area contributed by atoms with Crippen molar-refractivity contribution in [2.75, 3.05) is 26.4 Å². The molecule has 6 aliphatic rings. The lowest BCUT2D eigenvalue weighted by molar-refractivity contribution is -0.400. The molecule has 0 radical (unpaired) electrons. The molecule has 0 bridgehead atoms. The Morgan fingerprint density at radius 1 is 0.382 bits per heavy atom. The van der Waals surface area contributed by atoms with Gasteiger partial charge in [0.15, 0.2) is 37.7 Å². The van der Waals surface area contributed by atoms with Gasteiger partial charge >= 0.3 is 0 Å². The third-order valence-electron chi connectivity index (χ3n) is 12.8. The molecule has 6 aliphatic heterocycles. The molecule has 6 rings (SSSR count). The van der Waals surface area contributed by atoms with Crippen LogP contribution in [0.5, 0.6) is 0 Å². The molecule has 30 nitrogen and oxygen atoms in total. The van der Waals surface area contributed by atoms with Crippen molar-refractivity contribution < 1.29 is 144 Å². The van der Waals surface area contributed by atoms with Gasteiger partial charge in [0.05, 0.1) is 38.6 Å². The Bertz CT molecular complexity index is 1590. The topological polar surface area (TPSA) is 475 Å². The number of carbonyl (C=O) groups excluding carboxylic acids is 1. The summed E-state index contributed by atoms with van der Waals surface area (Å²) in [4.78, 5) is 13.1. The number of nitrogens with one attached hydrogen (secondary N) is 1. The van der Waals surface area contributed by atoms with Crippen molar-refractivity contribution in [1.82, 2.24) is 5.32 Å². The smallest absolute Gasteiger partial charge is 0.217 e. The van der Waals surface area contributed by atoms with Crippen molar-refractivity contribution in [1.29, 1.82) is 0 Å². The van der Waals surface area contributed by atoms with E-state index in [0.717, 1.165) is 6.92 Å². The number of rotatable bonds is 15. The molecule has 6 saturated heterocycles. The summed E-state index contributed by atoms with van der Waals surface area (Å²) in [6, 6.07) is -1.86. The van der Waals surface area contributed by atoms with E-state index in [1.807, 2.05) is 0 Å². The summed E-state index contributed by atoms with van der Waals surface area (Å²) in [5, 5.41) is 184. The van der Waals surface area contributed by atoms with Crippen LogP contribution in [0.15, 0.2) is 0 Å². The molecule has 0 aliphatic carbocycles. The van der Waals surface area contributed by atoms with Gasteiger partial charge in [-0.25, -0.2) is 0 Å². The number of carbonyl (C=O) groups is 1. The van der Waals surface area contributed by atoms with Crippen LogP contribution in [-0.2, 0) is 56.9 Å². The van der Waals surface area contributed by atoms with Crippen LogP contribution < -0.4 is 5.32 Å². The lowest BCUT2D eigenvalue weighted by Crippen LogP contribution is -2.71. The van der Waals surface area contributed by atoms with Gasteiger partial charge in [-0.15, -0.1) is 0 Å². The molecule has 0 aromatic rings. The fourth-order valence-electron chi connectivity index (χ4n) is 8.78. The van der Waals surface area contributed by atoms with Crippen LogP contribution in [0.2, 0.25) is 0 Å². The molecular weight excluding hydrogens is 934 g/mol. The number of aliphatic hydroxyl groups is 17. The van der Waals surface area contributed by atoms with E-state index in [9.17, 15) is 91.6 Å². The van der Waals surface area contributed by atoms with Crippen LogP contribution in [0, 0.1) is 0 Å².